The van der Waals surface area contributed by atoms with E-state index in [0.29, 0.717) is 21.2 Å². The Hall–Kier alpha value is -1.03. The van der Waals surface area contributed by atoms with E-state index < -0.39 is 6.10 Å². The van der Waals surface area contributed by atoms with Crippen LogP contribution in [0.15, 0.2) is 30.6 Å². The maximum Gasteiger partial charge on any atom is 0.109 e. The van der Waals surface area contributed by atoms with Crippen LogP contribution in [0.4, 0.5) is 0 Å². The summed E-state index contributed by atoms with van der Waals surface area (Å²) in [5.74, 6) is 0. The van der Waals surface area contributed by atoms with Crippen molar-refractivity contribution >= 4 is 23.2 Å². The van der Waals surface area contributed by atoms with Gasteiger partial charge in [-0.25, -0.2) is 0 Å². The smallest absolute Gasteiger partial charge is 0.109 e. The van der Waals surface area contributed by atoms with Crippen molar-refractivity contribution in [2.45, 2.75) is 26.0 Å². The Bertz CT molecular complexity index is 540. The molecule has 3 nitrogen and oxygen atoms in total. The van der Waals surface area contributed by atoms with Crippen molar-refractivity contribution in [3.63, 3.8) is 0 Å². The molecule has 1 unspecified atom stereocenters. The molecule has 1 aromatic carbocycles. The molecule has 0 radical (unpaired) electrons. The zero-order chi connectivity index (χ0) is 13.1. The van der Waals surface area contributed by atoms with Crippen molar-refractivity contribution in [3.8, 4) is 0 Å². The van der Waals surface area contributed by atoms with Gasteiger partial charge in [-0.3, -0.25) is 4.68 Å². The van der Waals surface area contributed by atoms with Crippen LogP contribution in [0.25, 0.3) is 0 Å². The van der Waals surface area contributed by atoms with Gasteiger partial charge in [0.1, 0.15) is 6.10 Å². The summed E-state index contributed by atoms with van der Waals surface area (Å²) in [6, 6.07) is 5.22. The number of nitrogens with zero attached hydrogens (tertiary/aromatic N) is 2. The van der Waals surface area contributed by atoms with E-state index in [0.717, 1.165) is 13.0 Å². The summed E-state index contributed by atoms with van der Waals surface area (Å²) in [5.41, 5.74) is 1.31. The van der Waals surface area contributed by atoms with Crippen LogP contribution < -0.4 is 0 Å². The van der Waals surface area contributed by atoms with Crippen LogP contribution in [-0.2, 0) is 6.54 Å². The molecule has 0 fully saturated rings. The first-order chi connectivity index (χ1) is 8.63. The van der Waals surface area contributed by atoms with Crippen molar-refractivity contribution < 1.29 is 5.11 Å². The van der Waals surface area contributed by atoms with Crippen LogP contribution in [0.1, 0.15) is 30.6 Å². The van der Waals surface area contributed by atoms with E-state index in [1.54, 1.807) is 29.1 Å². The molecule has 0 aliphatic carbocycles. The van der Waals surface area contributed by atoms with Gasteiger partial charge in [-0.15, -0.1) is 0 Å². The van der Waals surface area contributed by atoms with Gasteiger partial charge in [-0.1, -0.05) is 42.3 Å². The van der Waals surface area contributed by atoms with Crippen LogP contribution >= 0.6 is 23.2 Å². The predicted molar refractivity (Wildman–Crippen MR) is 73.0 cm³/mol. The molecule has 0 saturated heterocycles. The van der Waals surface area contributed by atoms with Gasteiger partial charge < -0.3 is 5.11 Å². The minimum absolute atomic E-state index is 0.384. The molecular formula is C13H14Cl2N2O. The molecular weight excluding hydrogens is 271 g/mol. The summed E-state index contributed by atoms with van der Waals surface area (Å²) in [6.45, 7) is 2.90. The molecule has 96 valence electrons. The van der Waals surface area contributed by atoms with E-state index in [4.69, 9.17) is 23.2 Å². The highest BCUT2D eigenvalue weighted by Crippen LogP contribution is 2.32. The number of benzene rings is 1. The number of aromatic nitrogens is 2. The third-order valence-corrected chi connectivity index (χ3v) is 3.53. The maximum atomic E-state index is 10.3. The number of hydrogen-bond donors (Lipinski definition) is 1. The minimum atomic E-state index is -0.804. The molecule has 0 aliphatic rings. The first-order valence-electron chi connectivity index (χ1n) is 5.77. The van der Waals surface area contributed by atoms with Crippen LogP contribution in [0.5, 0.6) is 0 Å². The van der Waals surface area contributed by atoms with Crippen LogP contribution in [0.2, 0.25) is 10.0 Å². The first kappa shape index (κ1) is 13.4. The van der Waals surface area contributed by atoms with Gasteiger partial charge >= 0.3 is 0 Å². The Morgan fingerprint density at radius 3 is 2.89 bits per heavy atom. The lowest BCUT2D eigenvalue weighted by Gasteiger charge is -2.11. The second kappa shape index (κ2) is 5.74. The molecule has 2 aromatic rings. The standard InChI is InChI=1S/C13H14Cl2N2O/c1-2-6-17-8-9(7-16-17)13(18)10-4-3-5-11(14)12(10)15/h3-5,7-8,13,18H,2,6H2,1H3. The van der Waals surface area contributed by atoms with E-state index in [1.165, 1.54) is 0 Å². The zero-order valence-corrected chi connectivity index (χ0v) is 11.5. The van der Waals surface area contributed by atoms with Gasteiger partial charge in [0.25, 0.3) is 0 Å². The number of aryl methyl sites for hydroxylation is 1. The molecule has 1 N–H and O–H groups in total. The summed E-state index contributed by atoms with van der Waals surface area (Å²) < 4.78 is 1.80. The van der Waals surface area contributed by atoms with Crippen molar-refractivity contribution in [2.24, 2.45) is 0 Å². The first-order valence-corrected chi connectivity index (χ1v) is 6.53. The van der Waals surface area contributed by atoms with Gasteiger partial charge in [0.05, 0.1) is 16.2 Å². The van der Waals surface area contributed by atoms with Crippen molar-refractivity contribution in [1.82, 2.24) is 9.78 Å². The molecule has 18 heavy (non-hydrogen) atoms. The third-order valence-electron chi connectivity index (χ3n) is 2.70. The fourth-order valence-corrected chi connectivity index (χ4v) is 2.19. The lowest BCUT2D eigenvalue weighted by molar-refractivity contribution is 0.220. The van der Waals surface area contributed by atoms with Crippen molar-refractivity contribution in [2.75, 3.05) is 0 Å². The third kappa shape index (κ3) is 2.69. The maximum absolute atomic E-state index is 10.3. The lowest BCUT2D eigenvalue weighted by Crippen LogP contribution is -2.00. The lowest BCUT2D eigenvalue weighted by atomic mass is 10.0. The molecule has 1 heterocycles. The average molecular weight is 285 g/mol. The molecule has 1 aromatic heterocycles. The quantitative estimate of drug-likeness (QED) is 0.930. The average Bonchev–Trinajstić information content (AvgIpc) is 2.81. The molecule has 0 amide bonds. The summed E-state index contributed by atoms with van der Waals surface area (Å²) >= 11 is 12.0. The van der Waals surface area contributed by atoms with E-state index in [2.05, 4.69) is 12.0 Å². The monoisotopic (exact) mass is 284 g/mol. The number of aliphatic hydroxyl groups is 1. The second-order valence-electron chi connectivity index (χ2n) is 4.08. The molecule has 2 rings (SSSR count). The summed E-state index contributed by atoms with van der Waals surface area (Å²) in [7, 11) is 0. The number of aliphatic hydroxyl groups excluding tert-OH is 1. The SMILES string of the molecule is CCCn1cc(C(O)c2cccc(Cl)c2Cl)cn1. The summed E-state index contributed by atoms with van der Waals surface area (Å²) in [4.78, 5) is 0. The molecule has 5 heteroatoms. The van der Waals surface area contributed by atoms with Crippen LogP contribution in [0.3, 0.4) is 0 Å². The molecule has 0 spiro atoms. The fraction of sp³-hybridized carbons (Fsp3) is 0.308. The zero-order valence-electron chi connectivity index (χ0n) is 9.98. The molecule has 0 bridgehead atoms. The van der Waals surface area contributed by atoms with Crippen molar-refractivity contribution in [1.29, 1.82) is 0 Å². The Morgan fingerprint density at radius 1 is 1.39 bits per heavy atom. The number of rotatable bonds is 4. The van der Waals surface area contributed by atoms with Crippen molar-refractivity contribution in [3.05, 3.63) is 51.8 Å². The molecule has 0 saturated carbocycles. The summed E-state index contributed by atoms with van der Waals surface area (Å²) in [6.07, 6.45) is 3.67. The number of halogens is 2. The summed E-state index contributed by atoms with van der Waals surface area (Å²) in [5, 5.41) is 15.3. The van der Waals surface area contributed by atoms with Crippen LogP contribution in [-0.4, -0.2) is 14.9 Å². The highest BCUT2D eigenvalue weighted by Gasteiger charge is 2.17. The van der Waals surface area contributed by atoms with Gasteiger partial charge in [0.15, 0.2) is 0 Å². The Morgan fingerprint density at radius 2 is 2.17 bits per heavy atom. The normalized spacial score (nSPS) is 12.7. The van der Waals surface area contributed by atoms with E-state index >= 15 is 0 Å². The molecule has 1 atom stereocenters. The highest BCUT2D eigenvalue weighted by atomic mass is 35.5. The predicted octanol–water partition coefficient (Wildman–Crippen LogP) is 3.68. The Labute approximate surface area is 116 Å². The second-order valence-corrected chi connectivity index (χ2v) is 4.87. The van der Waals surface area contributed by atoms with Gasteiger partial charge in [-0.05, 0) is 12.5 Å². The van der Waals surface area contributed by atoms with Crippen LogP contribution in [0, 0.1) is 0 Å². The van der Waals surface area contributed by atoms with Gasteiger partial charge in [0.2, 0.25) is 0 Å². The van der Waals surface area contributed by atoms with E-state index in [1.807, 2.05) is 6.20 Å². The van der Waals surface area contributed by atoms with Gasteiger partial charge in [-0.2, -0.15) is 5.10 Å². The largest absolute Gasteiger partial charge is 0.383 e. The number of hydrogen-bond acceptors (Lipinski definition) is 2. The van der Waals surface area contributed by atoms with E-state index in [9.17, 15) is 5.11 Å². The van der Waals surface area contributed by atoms with Gasteiger partial charge in [0, 0.05) is 23.9 Å². The topological polar surface area (TPSA) is 38.0 Å². The fourth-order valence-electron chi connectivity index (χ4n) is 1.78. The minimum Gasteiger partial charge on any atom is -0.383 e. The molecule has 0 aliphatic heterocycles. The Balaban J connectivity index is 2.29. The highest BCUT2D eigenvalue weighted by molar-refractivity contribution is 6.42. The Kier molecular flexibility index (Phi) is 4.27. The van der Waals surface area contributed by atoms with E-state index in [-0.39, 0.29) is 0 Å².